The number of carboxylic acids is 1. The molecule has 0 saturated heterocycles. The van der Waals surface area contributed by atoms with Gasteiger partial charge in [-0.1, -0.05) is 0 Å². The maximum atomic E-state index is 13.3. The predicted molar refractivity (Wildman–Crippen MR) is 59.4 cm³/mol. The molecule has 1 aromatic carbocycles. The first-order chi connectivity index (χ1) is 8.56. The van der Waals surface area contributed by atoms with Crippen LogP contribution in [-0.4, -0.2) is 11.1 Å². The molecule has 0 saturated carbocycles. The fraction of sp³-hybridized carbons (Fsp3) is 0.0833. The highest BCUT2D eigenvalue weighted by molar-refractivity contribution is 5.84. The fourth-order valence-corrected chi connectivity index (χ4v) is 1.40. The molecule has 18 heavy (non-hydrogen) atoms. The Bertz CT molecular complexity index is 580. The number of benzene rings is 1. The van der Waals surface area contributed by atoms with Gasteiger partial charge in [0, 0.05) is 6.07 Å². The molecule has 0 spiro atoms. The molecule has 0 unspecified atom stereocenters. The molecule has 6 heteroatoms. The van der Waals surface area contributed by atoms with Gasteiger partial charge in [-0.15, -0.1) is 0 Å². The summed E-state index contributed by atoms with van der Waals surface area (Å²) >= 11 is 0. The molecule has 1 heterocycles. The van der Waals surface area contributed by atoms with E-state index < -0.39 is 17.6 Å². The molecule has 2 aromatic rings. The van der Waals surface area contributed by atoms with E-state index in [0.717, 1.165) is 12.1 Å². The zero-order valence-electron chi connectivity index (χ0n) is 9.11. The van der Waals surface area contributed by atoms with Gasteiger partial charge in [-0.05, 0) is 24.3 Å². The van der Waals surface area contributed by atoms with E-state index in [4.69, 9.17) is 9.52 Å². The molecular weight excluding hydrogens is 244 g/mol. The van der Waals surface area contributed by atoms with Gasteiger partial charge in [0.1, 0.15) is 17.4 Å². The molecule has 0 aliphatic heterocycles. The summed E-state index contributed by atoms with van der Waals surface area (Å²) in [5.74, 6) is -2.40. The van der Waals surface area contributed by atoms with Crippen LogP contribution in [0.3, 0.4) is 0 Å². The average molecular weight is 253 g/mol. The molecule has 0 amide bonds. The molecule has 0 atom stereocenters. The second kappa shape index (κ2) is 4.87. The van der Waals surface area contributed by atoms with Crippen molar-refractivity contribution in [3.63, 3.8) is 0 Å². The van der Waals surface area contributed by atoms with Crippen molar-refractivity contribution < 1.29 is 23.1 Å². The summed E-state index contributed by atoms with van der Waals surface area (Å²) in [7, 11) is 0. The van der Waals surface area contributed by atoms with Crippen molar-refractivity contribution >= 4 is 11.7 Å². The normalized spacial score (nSPS) is 10.3. The third-order valence-corrected chi connectivity index (χ3v) is 2.26. The van der Waals surface area contributed by atoms with Crippen LogP contribution in [0.1, 0.15) is 16.3 Å². The van der Waals surface area contributed by atoms with E-state index in [9.17, 15) is 13.6 Å². The lowest BCUT2D eigenvalue weighted by Gasteiger charge is -2.05. The summed E-state index contributed by atoms with van der Waals surface area (Å²) in [6.07, 6.45) is 0. The van der Waals surface area contributed by atoms with Crippen molar-refractivity contribution in [2.45, 2.75) is 6.54 Å². The molecule has 2 rings (SSSR count). The SMILES string of the molecule is O=C(O)c1ccc(CNc2ccc(F)cc2F)o1. The van der Waals surface area contributed by atoms with Crippen molar-refractivity contribution in [1.29, 1.82) is 0 Å². The van der Waals surface area contributed by atoms with Gasteiger partial charge < -0.3 is 14.8 Å². The van der Waals surface area contributed by atoms with E-state index in [1.165, 1.54) is 18.2 Å². The molecule has 0 radical (unpaired) electrons. The number of carbonyl (C=O) groups is 1. The zero-order valence-corrected chi connectivity index (χ0v) is 9.11. The van der Waals surface area contributed by atoms with Crippen molar-refractivity contribution in [2.24, 2.45) is 0 Å². The lowest BCUT2D eigenvalue weighted by atomic mass is 10.3. The van der Waals surface area contributed by atoms with Crippen LogP contribution in [0, 0.1) is 11.6 Å². The predicted octanol–water partition coefficient (Wildman–Crippen LogP) is 2.87. The van der Waals surface area contributed by atoms with Gasteiger partial charge >= 0.3 is 5.97 Å². The van der Waals surface area contributed by atoms with Crippen LogP contribution in [0.5, 0.6) is 0 Å². The van der Waals surface area contributed by atoms with Crippen molar-refractivity contribution in [2.75, 3.05) is 5.32 Å². The smallest absolute Gasteiger partial charge is 0.371 e. The second-order valence-corrected chi connectivity index (χ2v) is 3.55. The molecule has 0 fully saturated rings. The third-order valence-electron chi connectivity index (χ3n) is 2.26. The van der Waals surface area contributed by atoms with Crippen LogP contribution in [0.15, 0.2) is 34.7 Å². The first kappa shape index (κ1) is 12.1. The number of furan rings is 1. The molecule has 1 aromatic heterocycles. The summed E-state index contributed by atoms with van der Waals surface area (Å²) < 4.78 is 30.9. The number of anilines is 1. The topological polar surface area (TPSA) is 62.5 Å². The van der Waals surface area contributed by atoms with E-state index in [1.807, 2.05) is 0 Å². The Morgan fingerprint density at radius 2 is 2.06 bits per heavy atom. The number of rotatable bonds is 4. The van der Waals surface area contributed by atoms with E-state index in [1.54, 1.807) is 0 Å². The summed E-state index contributed by atoms with van der Waals surface area (Å²) in [6.45, 7) is 0.107. The lowest BCUT2D eigenvalue weighted by Crippen LogP contribution is -2.01. The number of hydrogen-bond acceptors (Lipinski definition) is 3. The lowest BCUT2D eigenvalue weighted by molar-refractivity contribution is 0.0660. The van der Waals surface area contributed by atoms with Crippen LogP contribution in [-0.2, 0) is 6.54 Å². The number of aromatic carboxylic acids is 1. The van der Waals surface area contributed by atoms with Gasteiger partial charge in [-0.2, -0.15) is 0 Å². The van der Waals surface area contributed by atoms with Crippen LogP contribution in [0.4, 0.5) is 14.5 Å². The fourth-order valence-electron chi connectivity index (χ4n) is 1.40. The molecule has 0 aliphatic rings. The third kappa shape index (κ3) is 2.65. The number of carboxylic acid groups (broad SMARTS) is 1. The molecule has 2 N–H and O–H groups in total. The minimum Gasteiger partial charge on any atom is -0.475 e. The highest BCUT2D eigenvalue weighted by Gasteiger charge is 2.09. The summed E-state index contributed by atoms with van der Waals surface area (Å²) in [5.41, 5.74) is 0.115. The summed E-state index contributed by atoms with van der Waals surface area (Å²) in [4.78, 5) is 10.6. The van der Waals surface area contributed by atoms with Gasteiger partial charge in [0.05, 0.1) is 12.2 Å². The minimum absolute atomic E-state index is 0.107. The van der Waals surface area contributed by atoms with Gasteiger partial charge in [0.15, 0.2) is 0 Å². The second-order valence-electron chi connectivity index (χ2n) is 3.55. The standard InChI is InChI=1S/C12H9F2NO3/c13-7-1-3-10(9(14)5-7)15-6-8-2-4-11(18-8)12(16)17/h1-5,15H,6H2,(H,16,17). The van der Waals surface area contributed by atoms with Crippen LogP contribution in [0.2, 0.25) is 0 Å². The first-order valence-electron chi connectivity index (χ1n) is 5.07. The van der Waals surface area contributed by atoms with E-state index in [-0.39, 0.29) is 18.0 Å². The van der Waals surface area contributed by atoms with Crippen LogP contribution < -0.4 is 5.32 Å². The Morgan fingerprint density at radius 3 is 2.67 bits per heavy atom. The van der Waals surface area contributed by atoms with Crippen molar-refractivity contribution in [3.8, 4) is 0 Å². The number of halogens is 2. The average Bonchev–Trinajstić information content (AvgIpc) is 2.76. The number of hydrogen-bond donors (Lipinski definition) is 2. The molecule has 94 valence electrons. The summed E-state index contributed by atoms with van der Waals surface area (Å²) in [5, 5.41) is 11.3. The quantitative estimate of drug-likeness (QED) is 0.879. The van der Waals surface area contributed by atoms with Gasteiger partial charge in [0.25, 0.3) is 0 Å². The number of nitrogens with one attached hydrogen (secondary N) is 1. The van der Waals surface area contributed by atoms with Gasteiger partial charge in [0.2, 0.25) is 5.76 Å². The Balaban J connectivity index is 2.04. The molecule has 0 aliphatic carbocycles. The van der Waals surface area contributed by atoms with E-state index in [0.29, 0.717) is 5.76 Å². The molecule has 4 nitrogen and oxygen atoms in total. The first-order valence-corrected chi connectivity index (χ1v) is 5.07. The Kier molecular flexibility index (Phi) is 3.27. The molecule has 0 bridgehead atoms. The van der Waals surface area contributed by atoms with Crippen molar-refractivity contribution in [3.05, 3.63) is 53.5 Å². The van der Waals surface area contributed by atoms with E-state index in [2.05, 4.69) is 5.32 Å². The Hall–Kier alpha value is -2.37. The van der Waals surface area contributed by atoms with E-state index >= 15 is 0 Å². The highest BCUT2D eigenvalue weighted by Crippen LogP contribution is 2.16. The minimum atomic E-state index is -1.17. The maximum absolute atomic E-state index is 13.3. The monoisotopic (exact) mass is 253 g/mol. The van der Waals surface area contributed by atoms with Crippen molar-refractivity contribution in [1.82, 2.24) is 0 Å². The van der Waals surface area contributed by atoms with Gasteiger partial charge in [-0.3, -0.25) is 0 Å². The van der Waals surface area contributed by atoms with Crippen LogP contribution in [0.25, 0.3) is 0 Å². The largest absolute Gasteiger partial charge is 0.475 e. The highest BCUT2D eigenvalue weighted by atomic mass is 19.1. The summed E-state index contributed by atoms with van der Waals surface area (Å²) in [6, 6.07) is 5.91. The Morgan fingerprint density at radius 1 is 1.28 bits per heavy atom. The molecular formula is C12H9F2NO3. The maximum Gasteiger partial charge on any atom is 0.371 e. The Labute approximate surface area is 101 Å². The van der Waals surface area contributed by atoms with Crippen LogP contribution >= 0.6 is 0 Å². The van der Waals surface area contributed by atoms with Gasteiger partial charge in [-0.25, -0.2) is 13.6 Å². The zero-order chi connectivity index (χ0) is 13.1.